The number of hydrogen-bond donors (Lipinski definition) is 1. The van der Waals surface area contributed by atoms with Gasteiger partial charge < -0.3 is 10.0 Å². The van der Waals surface area contributed by atoms with Gasteiger partial charge in [0.1, 0.15) is 6.33 Å². The SMILES string of the molecule is OCCN(CC(F)F)c1nc(Cl)nc(-n2ccnc2)n1. The van der Waals surface area contributed by atoms with Gasteiger partial charge in [-0.25, -0.2) is 13.8 Å². The normalized spacial score (nSPS) is 11.1. The van der Waals surface area contributed by atoms with E-state index in [0.29, 0.717) is 0 Å². The summed E-state index contributed by atoms with van der Waals surface area (Å²) in [6, 6.07) is 0. The van der Waals surface area contributed by atoms with Gasteiger partial charge in [-0.15, -0.1) is 0 Å². The van der Waals surface area contributed by atoms with Crippen LogP contribution in [-0.2, 0) is 0 Å². The summed E-state index contributed by atoms with van der Waals surface area (Å²) in [5, 5.41) is 8.80. The van der Waals surface area contributed by atoms with Gasteiger partial charge in [-0.2, -0.15) is 15.0 Å². The maximum Gasteiger partial charge on any atom is 0.255 e. The lowest BCUT2D eigenvalue weighted by atomic mass is 10.5. The summed E-state index contributed by atoms with van der Waals surface area (Å²) in [7, 11) is 0. The van der Waals surface area contributed by atoms with Crippen LogP contribution in [0, 0.1) is 0 Å². The Morgan fingerprint density at radius 2 is 2.15 bits per heavy atom. The van der Waals surface area contributed by atoms with Crippen molar-refractivity contribution in [2.45, 2.75) is 6.43 Å². The van der Waals surface area contributed by atoms with Gasteiger partial charge in [0.2, 0.25) is 17.2 Å². The molecule has 0 spiro atoms. The summed E-state index contributed by atoms with van der Waals surface area (Å²) >= 11 is 5.78. The molecule has 10 heteroatoms. The molecular weight excluding hydrogens is 294 g/mol. The molecule has 0 saturated heterocycles. The minimum atomic E-state index is -2.59. The fraction of sp³-hybridized carbons (Fsp3) is 0.400. The van der Waals surface area contributed by atoms with E-state index in [2.05, 4.69) is 19.9 Å². The van der Waals surface area contributed by atoms with E-state index in [0.717, 1.165) is 4.90 Å². The van der Waals surface area contributed by atoms with Crippen molar-refractivity contribution in [2.24, 2.45) is 0 Å². The van der Waals surface area contributed by atoms with Gasteiger partial charge in [-0.3, -0.25) is 4.57 Å². The number of hydrogen-bond acceptors (Lipinski definition) is 6. The van der Waals surface area contributed by atoms with Crippen LogP contribution in [0.2, 0.25) is 5.28 Å². The lowest BCUT2D eigenvalue weighted by Gasteiger charge is -2.21. The van der Waals surface area contributed by atoms with E-state index in [1.165, 1.54) is 17.1 Å². The molecule has 0 saturated carbocycles. The van der Waals surface area contributed by atoms with E-state index in [-0.39, 0.29) is 30.3 Å². The van der Waals surface area contributed by atoms with Gasteiger partial charge in [0, 0.05) is 18.9 Å². The predicted molar refractivity (Wildman–Crippen MR) is 67.3 cm³/mol. The van der Waals surface area contributed by atoms with Gasteiger partial charge in [0.25, 0.3) is 6.43 Å². The molecule has 2 heterocycles. The van der Waals surface area contributed by atoms with Crippen LogP contribution < -0.4 is 4.90 Å². The molecule has 0 aromatic carbocycles. The third-order valence-electron chi connectivity index (χ3n) is 2.33. The summed E-state index contributed by atoms with van der Waals surface area (Å²) in [4.78, 5) is 16.7. The Hall–Kier alpha value is -1.87. The highest BCUT2D eigenvalue weighted by molar-refractivity contribution is 6.28. The topological polar surface area (TPSA) is 80.0 Å². The first-order valence-electron chi connectivity index (χ1n) is 5.64. The summed E-state index contributed by atoms with van der Waals surface area (Å²) < 4.78 is 26.5. The molecule has 1 N–H and O–H groups in total. The standard InChI is InChI=1S/C10H11ClF2N6O/c11-8-15-9(18(3-4-20)5-7(12)13)17-10(16-8)19-2-1-14-6-19/h1-2,6-7,20H,3-5H2. The molecule has 2 aromatic heterocycles. The van der Waals surface area contributed by atoms with Gasteiger partial charge in [-0.05, 0) is 11.6 Å². The number of rotatable bonds is 6. The van der Waals surface area contributed by atoms with Crippen LogP contribution in [0.15, 0.2) is 18.7 Å². The average molecular weight is 305 g/mol. The minimum Gasteiger partial charge on any atom is -0.395 e. The third-order valence-corrected chi connectivity index (χ3v) is 2.50. The Morgan fingerprint density at radius 3 is 2.75 bits per heavy atom. The monoisotopic (exact) mass is 304 g/mol. The second kappa shape index (κ2) is 6.53. The number of alkyl halides is 2. The lowest BCUT2D eigenvalue weighted by Crippen LogP contribution is -2.33. The molecule has 0 aliphatic carbocycles. The van der Waals surface area contributed by atoms with Crippen molar-refractivity contribution in [1.82, 2.24) is 24.5 Å². The quantitative estimate of drug-likeness (QED) is 0.849. The Morgan fingerprint density at radius 1 is 1.35 bits per heavy atom. The van der Waals surface area contributed by atoms with Gasteiger partial charge in [0.15, 0.2) is 0 Å². The first-order valence-corrected chi connectivity index (χ1v) is 6.02. The number of anilines is 1. The van der Waals surface area contributed by atoms with Crippen LogP contribution >= 0.6 is 11.6 Å². The highest BCUT2D eigenvalue weighted by Gasteiger charge is 2.17. The summed E-state index contributed by atoms with van der Waals surface area (Å²) in [5.41, 5.74) is 0. The van der Waals surface area contributed by atoms with E-state index in [4.69, 9.17) is 16.7 Å². The van der Waals surface area contributed by atoms with Crippen LogP contribution in [-0.4, -0.2) is 55.7 Å². The fourth-order valence-corrected chi connectivity index (χ4v) is 1.68. The largest absolute Gasteiger partial charge is 0.395 e. The molecule has 108 valence electrons. The lowest BCUT2D eigenvalue weighted by molar-refractivity contribution is 0.152. The van der Waals surface area contributed by atoms with Crippen molar-refractivity contribution >= 4 is 17.5 Å². The average Bonchev–Trinajstić information content (AvgIpc) is 2.91. The zero-order chi connectivity index (χ0) is 14.5. The number of aliphatic hydroxyl groups is 1. The van der Waals surface area contributed by atoms with E-state index < -0.39 is 13.0 Å². The molecule has 0 aliphatic heterocycles. The first-order chi connectivity index (χ1) is 9.60. The van der Waals surface area contributed by atoms with Crippen LogP contribution in [0.3, 0.4) is 0 Å². The van der Waals surface area contributed by atoms with Crippen molar-refractivity contribution in [3.63, 3.8) is 0 Å². The number of halogens is 3. The summed E-state index contributed by atoms with van der Waals surface area (Å²) in [6.07, 6.45) is 1.95. The van der Waals surface area contributed by atoms with E-state index in [1.807, 2.05) is 0 Å². The van der Waals surface area contributed by atoms with Gasteiger partial charge in [-0.1, -0.05) is 0 Å². The predicted octanol–water partition coefficient (Wildman–Crippen LogP) is 0.774. The molecule has 2 rings (SSSR count). The van der Waals surface area contributed by atoms with Crippen molar-refractivity contribution in [3.05, 3.63) is 24.0 Å². The van der Waals surface area contributed by atoms with Crippen LogP contribution in [0.25, 0.3) is 5.95 Å². The summed E-state index contributed by atoms with van der Waals surface area (Å²) in [5.74, 6) is 0.137. The van der Waals surface area contributed by atoms with E-state index in [1.54, 1.807) is 6.20 Å². The molecule has 0 fully saturated rings. The van der Waals surface area contributed by atoms with E-state index >= 15 is 0 Å². The van der Waals surface area contributed by atoms with E-state index in [9.17, 15) is 8.78 Å². The van der Waals surface area contributed by atoms with Crippen LogP contribution in [0.1, 0.15) is 0 Å². The second-order valence-corrected chi connectivity index (χ2v) is 4.07. The molecule has 0 unspecified atom stereocenters. The smallest absolute Gasteiger partial charge is 0.255 e. The van der Waals surface area contributed by atoms with Crippen LogP contribution in [0.4, 0.5) is 14.7 Å². The Balaban J connectivity index is 2.34. The molecule has 7 nitrogen and oxygen atoms in total. The Bertz CT molecular complexity index is 553. The number of aliphatic hydroxyl groups excluding tert-OH is 1. The molecule has 20 heavy (non-hydrogen) atoms. The van der Waals surface area contributed by atoms with Crippen molar-refractivity contribution in [1.29, 1.82) is 0 Å². The molecule has 0 aliphatic rings. The number of imidazole rings is 1. The maximum absolute atomic E-state index is 12.5. The van der Waals surface area contributed by atoms with Crippen LogP contribution in [0.5, 0.6) is 0 Å². The minimum absolute atomic E-state index is 0.0250. The zero-order valence-electron chi connectivity index (χ0n) is 10.2. The van der Waals surface area contributed by atoms with Gasteiger partial charge >= 0.3 is 0 Å². The molecule has 0 amide bonds. The Labute approximate surface area is 117 Å². The molecule has 0 bridgehead atoms. The van der Waals surface area contributed by atoms with Gasteiger partial charge in [0.05, 0.1) is 13.2 Å². The maximum atomic E-state index is 12.5. The first kappa shape index (κ1) is 14.5. The number of aromatic nitrogens is 5. The fourth-order valence-electron chi connectivity index (χ4n) is 1.52. The van der Waals surface area contributed by atoms with Crippen molar-refractivity contribution in [3.8, 4) is 5.95 Å². The van der Waals surface area contributed by atoms with Crippen molar-refractivity contribution in [2.75, 3.05) is 24.6 Å². The molecule has 2 aromatic rings. The highest BCUT2D eigenvalue weighted by atomic mass is 35.5. The number of nitrogens with zero attached hydrogens (tertiary/aromatic N) is 6. The Kier molecular flexibility index (Phi) is 4.74. The second-order valence-electron chi connectivity index (χ2n) is 3.74. The third kappa shape index (κ3) is 3.58. The summed E-state index contributed by atoms with van der Waals surface area (Å²) in [6.45, 7) is -0.950. The van der Waals surface area contributed by atoms with Crippen molar-refractivity contribution < 1.29 is 13.9 Å². The molecule has 0 radical (unpaired) electrons. The molecule has 0 atom stereocenters. The highest BCUT2D eigenvalue weighted by Crippen LogP contribution is 2.14. The molecular formula is C10H11ClF2N6O. The zero-order valence-corrected chi connectivity index (χ0v) is 11.0.